The molecular formula is C11H13ClN4O2. The standard InChI is InChI=1S/C11H13ClN4O2/c1-6-2-9(13-14-10(6)12)15-4-8-3-7(15)5-16(8)11(17)18/h2,7-8H,3-5H2,1H3,(H,17,18)/t7-,8-/m0/s1. The second kappa shape index (κ2) is 3.98. The molecule has 3 rings (SSSR count). The molecule has 0 aliphatic carbocycles. The highest BCUT2D eigenvalue weighted by Crippen LogP contribution is 2.34. The molecular weight excluding hydrogens is 256 g/mol. The van der Waals surface area contributed by atoms with Gasteiger partial charge in [-0.2, -0.15) is 0 Å². The highest BCUT2D eigenvalue weighted by atomic mass is 35.5. The van der Waals surface area contributed by atoms with Crippen molar-refractivity contribution in [2.75, 3.05) is 18.0 Å². The number of anilines is 1. The molecule has 2 aliphatic rings. The first kappa shape index (κ1) is 11.5. The number of piperazine rings is 1. The third kappa shape index (κ3) is 1.68. The summed E-state index contributed by atoms with van der Waals surface area (Å²) in [4.78, 5) is 14.6. The summed E-state index contributed by atoms with van der Waals surface area (Å²) in [5.74, 6) is 0.787. The Morgan fingerprint density at radius 3 is 2.78 bits per heavy atom. The van der Waals surface area contributed by atoms with E-state index in [4.69, 9.17) is 16.7 Å². The quantitative estimate of drug-likeness (QED) is 0.833. The fraction of sp³-hybridized carbons (Fsp3) is 0.545. The maximum absolute atomic E-state index is 11.0. The highest BCUT2D eigenvalue weighted by Gasteiger charge is 2.46. The number of amides is 1. The highest BCUT2D eigenvalue weighted by molar-refractivity contribution is 6.30. The Morgan fingerprint density at radius 1 is 1.44 bits per heavy atom. The van der Waals surface area contributed by atoms with Crippen LogP contribution >= 0.6 is 11.6 Å². The predicted octanol–water partition coefficient (Wildman–Crippen LogP) is 1.38. The number of likely N-dealkylation sites (tertiary alicyclic amines) is 1. The van der Waals surface area contributed by atoms with E-state index in [0.29, 0.717) is 18.2 Å². The fourth-order valence-corrected chi connectivity index (χ4v) is 2.87. The van der Waals surface area contributed by atoms with Crippen LogP contribution in [-0.4, -0.2) is 51.5 Å². The van der Waals surface area contributed by atoms with Crippen LogP contribution in [0.2, 0.25) is 5.15 Å². The molecule has 0 unspecified atom stereocenters. The van der Waals surface area contributed by atoms with Crippen molar-refractivity contribution < 1.29 is 9.90 Å². The van der Waals surface area contributed by atoms with Gasteiger partial charge in [0.1, 0.15) is 0 Å². The van der Waals surface area contributed by atoms with Crippen LogP contribution in [0.1, 0.15) is 12.0 Å². The number of hydrogen-bond donors (Lipinski definition) is 1. The maximum atomic E-state index is 11.0. The summed E-state index contributed by atoms with van der Waals surface area (Å²) in [5, 5.41) is 17.4. The minimum atomic E-state index is -0.833. The number of aryl methyl sites for hydroxylation is 1. The Balaban J connectivity index is 1.81. The van der Waals surface area contributed by atoms with Gasteiger partial charge in [-0.05, 0) is 25.0 Å². The minimum absolute atomic E-state index is 0.0743. The Morgan fingerprint density at radius 2 is 2.22 bits per heavy atom. The van der Waals surface area contributed by atoms with E-state index in [1.54, 1.807) is 0 Å². The number of hydrogen-bond acceptors (Lipinski definition) is 4. The van der Waals surface area contributed by atoms with Crippen molar-refractivity contribution in [3.63, 3.8) is 0 Å². The zero-order valence-electron chi connectivity index (χ0n) is 9.88. The van der Waals surface area contributed by atoms with Gasteiger partial charge in [0.25, 0.3) is 0 Å². The van der Waals surface area contributed by atoms with E-state index in [1.165, 1.54) is 4.90 Å². The van der Waals surface area contributed by atoms with Gasteiger partial charge in [-0.15, -0.1) is 10.2 Å². The van der Waals surface area contributed by atoms with Crippen molar-refractivity contribution in [1.82, 2.24) is 15.1 Å². The molecule has 2 bridgehead atoms. The van der Waals surface area contributed by atoms with Gasteiger partial charge >= 0.3 is 6.09 Å². The smallest absolute Gasteiger partial charge is 0.407 e. The van der Waals surface area contributed by atoms with Gasteiger partial charge in [0.05, 0.1) is 12.1 Å². The molecule has 2 atom stereocenters. The zero-order chi connectivity index (χ0) is 12.9. The molecule has 0 aromatic carbocycles. The SMILES string of the molecule is Cc1cc(N2C[C@@H]3C[C@H]2CN3C(=O)O)nnc1Cl. The average molecular weight is 269 g/mol. The molecule has 7 heteroatoms. The molecule has 0 spiro atoms. The summed E-state index contributed by atoms with van der Waals surface area (Å²) >= 11 is 5.85. The molecule has 1 N–H and O–H groups in total. The molecule has 0 saturated carbocycles. The second-order valence-corrected chi connectivity index (χ2v) is 5.17. The van der Waals surface area contributed by atoms with Gasteiger partial charge in [0, 0.05) is 13.1 Å². The van der Waals surface area contributed by atoms with E-state index >= 15 is 0 Å². The molecule has 0 radical (unpaired) electrons. The molecule has 6 nitrogen and oxygen atoms in total. The van der Waals surface area contributed by atoms with E-state index < -0.39 is 6.09 Å². The normalized spacial score (nSPS) is 25.9. The topological polar surface area (TPSA) is 69.6 Å². The van der Waals surface area contributed by atoms with Crippen molar-refractivity contribution in [3.05, 3.63) is 16.8 Å². The molecule has 18 heavy (non-hydrogen) atoms. The predicted molar refractivity (Wildman–Crippen MR) is 66.0 cm³/mol. The monoisotopic (exact) mass is 268 g/mol. The van der Waals surface area contributed by atoms with Crippen molar-refractivity contribution in [2.24, 2.45) is 0 Å². The van der Waals surface area contributed by atoms with Gasteiger partial charge in [-0.25, -0.2) is 4.79 Å². The van der Waals surface area contributed by atoms with E-state index in [1.807, 2.05) is 13.0 Å². The Labute approximate surface area is 109 Å². The maximum Gasteiger partial charge on any atom is 0.407 e. The van der Waals surface area contributed by atoms with E-state index in [2.05, 4.69) is 15.1 Å². The molecule has 3 heterocycles. The Bertz CT molecular complexity index is 510. The van der Waals surface area contributed by atoms with Crippen LogP contribution in [0.3, 0.4) is 0 Å². The third-order valence-corrected chi connectivity index (χ3v) is 4.07. The van der Waals surface area contributed by atoms with Crippen molar-refractivity contribution in [1.29, 1.82) is 0 Å². The van der Waals surface area contributed by atoms with Crippen molar-refractivity contribution >= 4 is 23.5 Å². The molecule has 1 aromatic heterocycles. The van der Waals surface area contributed by atoms with Gasteiger partial charge in [-0.3, -0.25) is 0 Å². The van der Waals surface area contributed by atoms with Gasteiger partial charge in [0.15, 0.2) is 11.0 Å². The largest absolute Gasteiger partial charge is 0.465 e. The number of rotatable bonds is 1. The van der Waals surface area contributed by atoms with Crippen LogP contribution in [0.25, 0.3) is 0 Å². The van der Waals surface area contributed by atoms with Crippen LogP contribution in [0.4, 0.5) is 10.6 Å². The van der Waals surface area contributed by atoms with Crippen LogP contribution in [-0.2, 0) is 0 Å². The summed E-state index contributed by atoms with van der Waals surface area (Å²) in [5.41, 5.74) is 0.888. The molecule has 2 fully saturated rings. The summed E-state index contributed by atoms with van der Waals surface area (Å²) in [6.45, 7) is 3.12. The third-order valence-electron chi connectivity index (χ3n) is 3.69. The first-order chi connectivity index (χ1) is 8.56. The van der Waals surface area contributed by atoms with Crippen molar-refractivity contribution in [2.45, 2.75) is 25.4 Å². The molecule has 2 saturated heterocycles. The molecule has 1 amide bonds. The molecule has 96 valence electrons. The number of halogens is 1. The van der Waals surface area contributed by atoms with Gasteiger partial charge < -0.3 is 14.9 Å². The first-order valence-corrected chi connectivity index (χ1v) is 6.20. The fourth-order valence-electron chi connectivity index (χ4n) is 2.78. The van der Waals surface area contributed by atoms with Gasteiger partial charge in [0.2, 0.25) is 0 Å². The first-order valence-electron chi connectivity index (χ1n) is 5.82. The molecule has 1 aromatic rings. The van der Waals surface area contributed by atoms with Crippen LogP contribution < -0.4 is 4.90 Å². The Kier molecular flexibility index (Phi) is 2.55. The lowest BCUT2D eigenvalue weighted by Gasteiger charge is -2.33. The summed E-state index contributed by atoms with van der Waals surface area (Å²) in [6, 6.07) is 2.19. The zero-order valence-corrected chi connectivity index (χ0v) is 10.6. The van der Waals surface area contributed by atoms with Crippen LogP contribution in [0.15, 0.2) is 6.07 Å². The lowest BCUT2D eigenvalue weighted by atomic mass is 10.2. The number of fused-ring (bicyclic) bond motifs is 2. The number of nitrogens with zero attached hydrogens (tertiary/aromatic N) is 4. The lowest BCUT2D eigenvalue weighted by molar-refractivity contribution is 0.137. The minimum Gasteiger partial charge on any atom is -0.465 e. The van der Waals surface area contributed by atoms with Crippen molar-refractivity contribution in [3.8, 4) is 0 Å². The van der Waals surface area contributed by atoms with Crippen LogP contribution in [0.5, 0.6) is 0 Å². The van der Waals surface area contributed by atoms with E-state index in [9.17, 15) is 4.79 Å². The van der Waals surface area contributed by atoms with Gasteiger partial charge in [-0.1, -0.05) is 11.6 Å². The summed E-state index contributed by atoms with van der Waals surface area (Å²) in [7, 11) is 0. The molecule has 2 aliphatic heterocycles. The Hall–Kier alpha value is -1.56. The average Bonchev–Trinajstić information content (AvgIpc) is 2.92. The second-order valence-electron chi connectivity index (χ2n) is 4.81. The summed E-state index contributed by atoms with van der Waals surface area (Å²) in [6.07, 6.45) is 0.0378. The number of carboxylic acid groups (broad SMARTS) is 1. The number of carbonyl (C=O) groups is 1. The van der Waals surface area contributed by atoms with E-state index in [-0.39, 0.29) is 12.1 Å². The lowest BCUT2D eigenvalue weighted by Crippen LogP contribution is -2.48. The summed E-state index contributed by atoms with van der Waals surface area (Å²) < 4.78 is 0. The van der Waals surface area contributed by atoms with Crippen LogP contribution in [0, 0.1) is 6.92 Å². The van der Waals surface area contributed by atoms with E-state index in [0.717, 1.165) is 17.8 Å². The number of aromatic nitrogens is 2.